The fourth-order valence-electron chi connectivity index (χ4n) is 3.71. The van der Waals surface area contributed by atoms with Gasteiger partial charge in [0.05, 0.1) is 5.69 Å². The van der Waals surface area contributed by atoms with Crippen molar-refractivity contribution in [2.24, 2.45) is 0 Å². The van der Waals surface area contributed by atoms with Crippen LogP contribution >= 0.6 is 0 Å². The fourth-order valence-corrected chi connectivity index (χ4v) is 3.71. The second-order valence-corrected chi connectivity index (χ2v) is 8.06. The second-order valence-electron chi connectivity index (χ2n) is 8.06. The Kier molecular flexibility index (Phi) is 5.09. The molecule has 0 fully saturated rings. The number of nitrogens with zero attached hydrogens (tertiary/aromatic N) is 2. The van der Waals surface area contributed by atoms with Crippen LogP contribution in [-0.2, 0) is 17.6 Å². The summed E-state index contributed by atoms with van der Waals surface area (Å²) in [4.78, 5) is 23.8. The zero-order valence-electron chi connectivity index (χ0n) is 16.4. The number of carbonyl (C=O) groups excluding carboxylic acids is 1. The number of carbonyl (C=O) groups is 2. The van der Waals surface area contributed by atoms with E-state index in [0.29, 0.717) is 12.1 Å². The fraction of sp³-hybridized carbons (Fsp3) is 0.476. The van der Waals surface area contributed by atoms with E-state index in [0.717, 1.165) is 41.8 Å². The van der Waals surface area contributed by atoms with Crippen molar-refractivity contribution in [1.29, 1.82) is 0 Å². The van der Waals surface area contributed by atoms with E-state index in [4.69, 9.17) is 5.11 Å². The van der Waals surface area contributed by atoms with E-state index in [1.165, 1.54) is 5.56 Å². The van der Waals surface area contributed by atoms with Crippen LogP contribution in [0.25, 0.3) is 5.69 Å². The molecular weight excluding hydrogens is 342 g/mol. The van der Waals surface area contributed by atoms with Gasteiger partial charge in [-0.25, -0.2) is 4.68 Å². The van der Waals surface area contributed by atoms with Gasteiger partial charge in [-0.15, -0.1) is 0 Å². The molecule has 1 aromatic carbocycles. The van der Waals surface area contributed by atoms with Crippen LogP contribution in [0.4, 0.5) is 0 Å². The standard InChI is InChI=1S/C21H27N3O3/c1-13-8-9-16(14(2)12-13)24-17-7-5-6-15(17)19(23-24)20(27)22-21(3,4)11-10-18(25)26/h8-9,12H,5-7,10-11H2,1-4H3,(H,22,27)(H,25,26). The third kappa shape index (κ3) is 4.04. The average molecular weight is 369 g/mol. The van der Waals surface area contributed by atoms with E-state index < -0.39 is 11.5 Å². The molecule has 6 nitrogen and oxygen atoms in total. The first-order valence-corrected chi connectivity index (χ1v) is 9.40. The minimum atomic E-state index is -0.864. The number of aromatic nitrogens is 2. The Morgan fingerprint density at radius 2 is 2.00 bits per heavy atom. The summed E-state index contributed by atoms with van der Waals surface area (Å²) >= 11 is 0. The van der Waals surface area contributed by atoms with Crippen molar-refractivity contribution in [1.82, 2.24) is 15.1 Å². The molecule has 1 aromatic heterocycles. The number of benzene rings is 1. The first kappa shape index (κ1) is 19.1. The van der Waals surface area contributed by atoms with Crippen molar-refractivity contribution in [3.05, 3.63) is 46.3 Å². The Bertz CT molecular complexity index is 896. The number of carboxylic acids is 1. The monoisotopic (exact) mass is 369 g/mol. The van der Waals surface area contributed by atoms with Crippen molar-refractivity contribution in [2.45, 2.75) is 65.3 Å². The number of rotatable bonds is 6. The maximum atomic E-state index is 12.9. The van der Waals surface area contributed by atoms with Crippen molar-refractivity contribution in [2.75, 3.05) is 0 Å². The molecule has 3 rings (SSSR count). The highest BCUT2D eigenvalue weighted by Gasteiger charge is 2.30. The van der Waals surface area contributed by atoms with E-state index in [1.807, 2.05) is 18.5 Å². The lowest BCUT2D eigenvalue weighted by Gasteiger charge is -2.25. The molecule has 0 radical (unpaired) electrons. The van der Waals surface area contributed by atoms with Crippen molar-refractivity contribution in [3.8, 4) is 5.69 Å². The van der Waals surface area contributed by atoms with Crippen LogP contribution in [0.2, 0.25) is 0 Å². The lowest BCUT2D eigenvalue weighted by molar-refractivity contribution is -0.137. The highest BCUT2D eigenvalue weighted by molar-refractivity contribution is 5.94. The van der Waals surface area contributed by atoms with Crippen LogP contribution in [0.3, 0.4) is 0 Å². The largest absolute Gasteiger partial charge is 0.481 e. The van der Waals surface area contributed by atoms with Gasteiger partial charge in [0.25, 0.3) is 5.91 Å². The summed E-state index contributed by atoms with van der Waals surface area (Å²) in [5, 5.41) is 16.5. The van der Waals surface area contributed by atoms with Gasteiger partial charge < -0.3 is 10.4 Å². The Hall–Kier alpha value is -2.63. The molecule has 6 heteroatoms. The van der Waals surface area contributed by atoms with Crippen LogP contribution in [0.1, 0.15) is 66.0 Å². The summed E-state index contributed by atoms with van der Waals surface area (Å²) in [6, 6.07) is 6.22. The number of aliphatic carboxylic acids is 1. The predicted octanol–water partition coefficient (Wildman–Crippen LogP) is 3.35. The molecule has 0 saturated carbocycles. The summed E-state index contributed by atoms with van der Waals surface area (Å²) in [6.07, 6.45) is 3.15. The van der Waals surface area contributed by atoms with E-state index >= 15 is 0 Å². The lowest BCUT2D eigenvalue weighted by atomic mass is 9.98. The number of amides is 1. The van der Waals surface area contributed by atoms with E-state index in [-0.39, 0.29) is 12.3 Å². The van der Waals surface area contributed by atoms with Gasteiger partial charge in [-0.3, -0.25) is 9.59 Å². The second kappa shape index (κ2) is 7.18. The molecule has 0 bridgehead atoms. The van der Waals surface area contributed by atoms with Gasteiger partial charge in [0.2, 0.25) is 0 Å². The Balaban J connectivity index is 1.91. The summed E-state index contributed by atoms with van der Waals surface area (Å²) < 4.78 is 1.91. The number of aryl methyl sites for hydroxylation is 2. The maximum absolute atomic E-state index is 12.9. The Labute approximate surface area is 159 Å². The van der Waals surface area contributed by atoms with E-state index in [9.17, 15) is 9.59 Å². The summed E-state index contributed by atoms with van der Waals surface area (Å²) in [5.74, 6) is -1.09. The van der Waals surface area contributed by atoms with Crippen LogP contribution in [0.5, 0.6) is 0 Å². The minimum absolute atomic E-state index is 0.0163. The SMILES string of the molecule is Cc1ccc(-n2nc(C(=O)NC(C)(C)CCC(=O)O)c3c2CCC3)c(C)c1. The van der Waals surface area contributed by atoms with Crippen molar-refractivity contribution in [3.63, 3.8) is 0 Å². The molecule has 2 N–H and O–H groups in total. The van der Waals surface area contributed by atoms with E-state index in [1.54, 1.807) is 0 Å². The van der Waals surface area contributed by atoms with Crippen LogP contribution < -0.4 is 5.32 Å². The van der Waals surface area contributed by atoms with Crippen LogP contribution in [0.15, 0.2) is 18.2 Å². The highest BCUT2D eigenvalue weighted by atomic mass is 16.4. The Morgan fingerprint density at radius 1 is 1.26 bits per heavy atom. The van der Waals surface area contributed by atoms with Crippen LogP contribution in [0, 0.1) is 13.8 Å². The van der Waals surface area contributed by atoms with Gasteiger partial charge in [-0.05, 0) is 65.0 Å². The molecule has 0 aliphatic heterocycles. The zero-order chi connectivity index (χ0) is 19.8. The molecule has 1 heterocycles. The number of hydrogen-bond acceptors (Lipinski definition) is 3. The molecule has 0 unspecified atom stereocenters. The summed E-state index contributed by atoms with van der Waals surface area (Å²) in [6.45, 7) is 7.80. The highest BCUT2D eigenvalue weighted by Crippen LogP contribution is 2.29. The van der Waals surface area contributed by atoms with Gasteiger partial charge in [0, 0.05) is 23.2 Å². The normalized spacial score (nSPS) is 13.5. The van der Waals surface area contributed by atoms with Gasteiger partial charge in [0.1, 0.15) is 0 Å². The molecule has 0 spiro atoms. The molecular formula is C21H27N3O3. The summed E-state index contributed by atoms with van der Waals surface area (Å²) in [7, 11) is 0. The predicted molar refractivity (Wildman–Crippen MR) is 103 cm³/mol. The van der Waals surface area contributed by atoms with Crippen LogP contribution in [-0.4, -0.2) is 32.3 Å². The van der Waals surface area contributed by atoms with Crippen molar-refractivity contribution >= 4 is 11.9 Å². The molecule has 1 amide bonds. The van der Waals surface area contributed by atoms with Crippen molar-refractivity contribution < 1.29 is 14.7 Å². The average Bonchev–Trinajstić information content (AvgIpc) is 3.15. The third-order valence-corrected chi connectivity index (χ3v) is 5.14. The first-order chi connectivity index (χ1) is 12.7. The molecule has 144 valence electrons. The van der Waals surface area contributed by atoms with E-state index in [2.05, 4.69) is 42.5 Å². The number of carboxylic acid groups (broad SMARTS) is 1. The topological polar surface area (TPSA) is 84.2 Å². The van der Waals surface area contributed by atoms with Gasteiger partial charge in [0.15, 0.2) is 5.69 Å². The number of fused-ring (bicyclic) bond motifs is 1. The summed E-state index contributed by atoms with van der Waals surface area (Å²) in [5.41, 5.74) is 5.30. The molecule has 0 atom stereocenters. The molecule has 1 aliphatic carbocycles. The third-order valence-electron chi connectivity index (χ3n) is 5.14. The molecule has 27 heavy (non-hydrogen) atoms. The Morgan fingerprint density at radius 3 is 2.67 bits per heavy atom. The smallest absolute Gasteiger partial charge is 0.303 e. The minimum Gasteiger partial charge on any atom is -0.481 e. The lowest BCUT2D eigenvalue weighted by Crippen LogP contribution is -2.44. The first-order valence-electron chi connectivity index (χ1n) is 9.40. The molecule has 1 aliphatic rings. The van der Waals surface area contributed by atoms with Gasteiger partial charge >= 0.3 is 5.97 Å². The zero-order valence-corrected chi connectivity index (χ0v) is 16.4. The molecule has 2 aromatic rings. The number of nitrogens with one attached hydrogen (secondary N) is 1. The maximum Gasteiger partial charge on any atom is 0.303 e. The van der Waals surface area contributed by atoms with Gasteiger partial charge in [-0.2, -0.15) is 5.10 Å². The van der Waals surface area contributed by atoms with Gasteiger partial charge in [-0.1, -0.05) is 17.7 Å². The number of hydrogen-bond donors (Lipinski definition) is 2. The quantitative estimate of drug-likeness (QED) is 0.818. The molecule has 0 saturated heterocycles.